The van der Waals surface area contributed by atoms with E-state index in [1.54, 1.807) is 20.1 Å². The molecule has 31 heavy (non-hydrogen) atoms. The molecule has 0 bridgehead atoms. The van der Waals surface area contributed by atoms with E-state index in [4.69, 9.17) is 4.42 Å². The molecule has 170 valence electrons. The largest absolute Gasteiger partial charge is 0.468 e. The van der Waals surface area contributed by atoms with Crippen LogP contribution >= 0.6 is 0 Å². The van der Waals surface area contributed by atoms with Crippen LogP contribution in [0.4, 0.5) is 4.39 Å². The molecule has 2 heterocycles. The Morgan fingerprint density at radius 2 is 1.84 bits per heavy atom. The minimum atomic E-state index is -4.20. The van der Waals surface area contributed by atoms with Gasteiger partial charge in [0.25, 0.3) is 0 Å². The Hall–Kier alpha value is -2.23. The maximum atomic E-state index is 14.0. The van der Waals surface area contributed by atoms with Gasteiger partial charge < -0.3 is 9.73 Å². The summed E-state index contributed by atoms with van der Waals surface area (Å²) in [6.45, 7) is 5.59. The number of rotatable bonds is 9. The second-order valence-electron chi connectivity index (χ2n) is 8.15. The molecule has 2 atom stereocenters. The van der Waals surface area contributed by atoms with Crippen LogP contribution in [-0.2, 0) is 14.8 Å². The second-order valence-corrected chi connectivity index (χ2v) is 9.83. The summed E-state index contributed by atoms with van der Waals surface area (Å²) >= 11 is 0. The summed E-state index contributed by atoms with van der Waals surface area (Å²) in [6.07, 6.45) is 4.96. The number of nitrogens with one attached hydrogen (secondary N) is 2. The molecule has 1 aliphatic rings. The lowest BCUT2D eigenvalue weighted by atomic mass is 10.0. The van der Waals surface area contributed by atoms with Crippen molar-refractivity contribution >= 4 is 15.9 Å². The molecule has 7 nitrogen and oxygen atoms in total. The Kier molecular flexibility index (Phi) is 7.85. The Morgan fingerprint density at radius 3 is 2.45 bits per heavy atom. The summed E-state index contributed by atoms with van der Waals surface area (Å²) in [7, 11) is -4.20. The maximum Gasteiger partial charge on any atom is 0.244 e. The third-order valence-corrected chi connectivity index (χ3v) is 7.00. The lowest BCUT2D eigenvalue weighted by Crippen LogP contribution is -2.51. The van der Waals surface area contributed by atoms with Crippen molar-refractivity contribution < 1.29 is 22.0 Å². The number of benzene rings is 1. The van der Waals surface area contributed by atoms with Gasteiger partial charge in [0.2, 0.25) is 15.9 Å². The predicted octanol–water partition coefficient (Wildman–Crippen LogP) is 3.07. The van der Waals surface area contributed by atoms with E-state index in [1.165, 1.54) is 24.6 Å². The van der Waals surface area contributed by atoms with Crippen molar-refractivity contribution in [2.45, 2.75) is 50.1 Å². The van der Waals surface area contributed by atoms with Crippen LogP contribution in [-0.4, -0.2) is 44.9 Å². The van der Waals surface area contributed by atoms with Crippen molar-refractivity contribution in [1.82, 2.24) is 14.9 Å². The molecule has 1 aromatic heterocycles. The van der Waals surface area contributed by atoms with Gasteiger partial charge in [0.15, 0.2) is 0 Å². The molecule has 2 aromatic rings. The molecule has 0 spiro atoms. The molecule has 2 N–H and O–H groups in total. The van der Waals surface area contributed by atoms with Crippen LogP contribution in [0.2, 0.25) is 0 Å². The van der Waals surface area contributed by atoms with Crippen molar-refractivity contribution in [3.63, 3.8) is 0 Å². The van der Waals surface area contributed by atoms with Crippen LogP contribution in [0.25, 0.3) is 0 Å². The van der Waals surface area contributed by atoms with E-state index in [2.05, 4.69) is 14.9 Å². The van der Waals surface area contributed by atoms with Gasteiger partial charge in [-0.1, -0.05) is 32.4 Å². The number of sulfonamides is 1. The van der Waals surface area contributed by atoms with Crippen molar-refractivity contribution in [2.75, 3.05) is 19.6 Å². The first-order valence-corrected chi connectivity index (χ1v) is 12.1. The molecule has 0 radical (unpaired) electrons. The van der Waals surface area contributed by atoms with Gasteiger partial charge in [0.1, 0.15) is 22.5 Å². The van der Waals surface area contributed by atoms with Gasteiger partial charge in [-0.15, -0.1) is 0 Å². The number of hydrogen-bond donors (Lipinski definition) is 2. The summed E-state index contributed by atoms with van der Waals surface area (Å²) in [6, 6.07) is 7.63. The first-order chi connectivity index (χ1) is 14.8. The Bertz CT molecular complexity index is 957. The normalized spacial score (nSPS) is 17.4. The predicted molar refractivity (Wildman–Crippen MR) is 115 cm³/mol. The topological polar surface area (TPSA) is 91.6 Å². The fraction of sp³-hybridized carbons (Fsp3) is 0.500. The van der Waals surface area contributed by atoms with Gasteiger partial charge in [0, 0.05) is 6.54 Å². The number of carbonyl (C=O) groups excluding carboxylic acids is 1. The smallest absolute Gasteiger partial charge is 0.244 e. The molecular weight excluding hydrogens is 421 g/mol. The highest BCUT2D eigenvalue weighted by atomic mass is 32.2. The van der Waals surface area contributed by atoms with E-state index in [9.17, 15) is 17.6 Å². The summed E-state index contributed by atoms with van der Waals surface area (Å²) in [5.74, 6) is -0.891. The van der Waals surface area contributed by atoms with Gasteiger partial charge in [-0.25, -0.2) is 12.8 Å². The molecule has 1 saturated heterocycles. The summed E-state index contributed by atoms with van der Waals surface area (Å²) < 4.78 is 47.4. The Balaban J connectivity index is 1.71. The summed E-state index contributed by atoms with van der Waals surface area (Å²) in [5, 5.41) is 2.88. The number of nitrogens with zero attached hydrogens (tertiary/aromatic N) is 1. The molecule has 1 amide bonds. The fourth-order valence-corrected chi connectivity index (χ4v) is 5.24. The minimum Gasteiger partial charge on any atom is -0.468 e. The van der Waals surface area contributed by atoms with E-state index in [0.717, 1.165) is 37.8 Å². The quantitative estimate of drug-likeness (QED) is 0.611. The fourth-order valence-electron chi connectivity index (χ4n) is 3.81. The first kappa shape index (κ1) is 23.4. The van der Waals surface area contributed by atoms with Gasteiger partial charge in [-0.2, -0.15) is 4.72 Å². The molecule has 0 saturated carbocycles. The van der Waals surface area contributed by atoms with Gasteiger partial charge in [0.05, 0.1) is 12.3 Å². The molecule has 3 rings (SSSR count). The van der Waals surface area contributed by atoms with Crippen LogP contribution < -0.4 is 10.0 Å². The third-order valence-electron chi connectivity index (χ3n) is 5.53. The van der Waals surface area contributed by atoms with Crippen LogP contribution in [0.1, 0.15) is 44.9 Å². The second kappa shape index (κ2) is 10.4. The average molecular weight is 452 g/mol. The number of likely N-dealkylation sites (tertiary alicyclic amines) is 1. The maximum absolute atomic E-state index is 14.0. The average Bonchev–Trinajstić information content (AvgIpc) is 3.27. The third kappa shape index (κ3) is 5.93. The van der Waals surface area contributed by atoms with Crippen molar-refractivity contribution in [2.24, 2.45) is 5.92 Å². The zero-order chi connectivity index (χ0) is 22.4. The molecule has 9 heteroatoms. The number of halogens is 1. The SMILES string of the molecule is CC(C)C(NS(=O)(=O)c1ccccc1F)C(=O)NCC(c1ccco1)N1CCCCC1. The van der Waals surface area contributed by atoms with Crippen LogP contribution in [0.5, 0.6) is 0 Å². The van der Waals surface area contributed by atoms with Crippen LogP contribution in [0, 0.1) is 11.7 Å². The van der Waals surface area contributed by atoms with E-state index >= 15 is 0 Å². The van der Waals surface area contributed by atoms with Gasteiger partial charge in [-0.3, -0.25) is 9.69 Å². The van der Waals surface area contributed by atoms with E-state index in [-0.39, 0.29) is 18.5 Å². The van der Waals surface area contributed by atoms with Gasteiger partial charge in [-0.05, 0) is 56.1 Å². The highest BCUT2D eigenvalue weighted by Crippen LogP contribution is 2.24. The molecular formula is C22H30FN3O4S. The standard InChI is InChI=1S/C22H30FN3O4S/c1-16(2)21(25-31(28,29)20-11-5-4-9-17(20)23)22(27)24-15-18(19-10-8-14-30-19)26-12-6-3-7-13-26/h4-5,8-11,14,16,18,21,25H,3,6-7,12-13,15H2,1-2H3,(H,24,27). The number of piperidine rings is 1. The highest BCUT2D eigenvalue weighted by Gasteiger charge is 2.31. The summed E-state index contributed by atoms with van der Waals surface area (Å²) in [5.41, 5.74) is 0. The van der Waals surface area contributed by atoms with E-state index < -0.39 is 32.7 Å². The number of furan rings is 1. The molecule has 1 aliphatic heterocycles. The highest BCUT2D eigenvalue weighted by molar-refractivity contribution is 7.89. The molecule has 1 aromatic carbocycles. The zero-order valence-corrected chi connectivity index (χ0v) is 18.7. The molecule has 2 unspecified atom stereocenters. The van der Waals surface area contributed by atoms with Crippen LogP contribution in [0.3, 0.4) is 0 Å². The van der Waals surface area contributed by atoms with Crippen molar-refractivity contribution in [3.05, 3.63) is 54.2 Å². The monoisotopic (exact) mass is 451 g/mol. The number of carbonyl (C=O) groups is 1. The Morgan fingerprint density at radius 1 is 1.13 bits per heavy atom. The lowest BCUT2D eigenvalue weighted by molar-refractivity contribution is -0.124. The first-order valence-electron chi connectivity index (χ1n) is 10.6. The van der Waals surface area contributed by atoms with Crippen molar-refractivity contribution in [3.8, 4) is 0 Å². The summed E-state index contributed by atoms with van der Waals surface area (Å²) in [4.78, 5) is 14.8. The zero-order valence-electron chi connectivity index (χ0n) is 17.9. The van der Waals surface area contributed by atoms with E-state index in [1.807, 2.05) is 12.1 Å². The lowest BCUT2D eigenvalue weighted by Gasteiger charge is -2.34. The van der Waals surface area contributed by atoms with Crippen molar-refractivity contribution in [1.29, 1.82) is 0 Å². The van der Waals surface area contributed by atoms with E-state index in [0.29, 0.717) is 0 Å². The molecule has 0 aliphatic carbocycles. The number of hydrogen-bond acceptors (Lipinski definition) is 5. The Labute approximate surface area is 183 Å². The number of amides is 1. The molecule has 1 fully saturated rings. The van der Waals surface area contributed by atoms with Gasteiger partial charge >= 0.3 is 0 Å². The van der Waals surface area contributed by atoms with Crippen LogP contribution in [0.15, 0.2) is 52.0 Å². The minimum absolute atomic E-state index is 0.129.